The van der Waals surface area contributed by atoms with Crippen molar-refractivity contribution in [2.24, 2.45) is 0 Å². The van der Waals surface area contributed by atoms with Crippen LogP contribution >= 0.6 is 0 Å². The van der Waals surface area contributed by atoms with E-state index >= 15 is 0 Å². The van der Waals surface area contributed by atoms with E-state index in [1.54, 1.807) is 0 Å². The molecule has 2 aliphatic rings. The maximum absolute atomic E-state index is 6.22. The monoisotopic (exact) mass is 214 g/mol. The molecule has 0 aliphatic carbocycles. The van der Waals surface area contributed by atoms with Gasteiger partial charge in [-0.1, -0.05) is 56.7 Å². The average Bonchev–Trinajstić information content (AvgIpc) is 2.30. The van der Waals surface area contributed by atoms with Crippen molar-refractivity contribution in [3.63, 3.8) is 0 Å². The van der Waals surface area contributed by atoms with Crippen LogP contribution in [0.2, 0.25) is 11.6 Å². The lowest BCUT2D eigenvalue weighted by Gasteiger charge is -2.39. The molecule has 0 N–H and O–H groups in total. The molecular formula is C14H19BO. The highest BCUT2D eigenvalue weighted by Crippen LogP contribution is 2.46. The van der Waals surface area contributed by atoms with Gasteiger partial charge in [0.25, 0.3) is 0 Å². The van der Waals surface area contributed by atoms with E-state index in [-0.39, 0.29) is 0 Å². The molecule has 0 unspecified atom stereocenters. The molecule has 3 rings (SSSR count). The fourth-order valence-electron chi connectivity index (χ4n) is 3.46. The van der Waals surface area contributed by atoms with Gasteiger partial charge in [-0.15, -0.1) is 0 Å². The number of hydrogen-bond acceptors (Lipinski definition) is 1. The van der Waals surface area contributed by atoms with Crippen LogP contribution in [0.4, 0.5) is 0 Å². The summed E-state index contributed by atoms with van der Waals surface area (Å²) in [6.45, 7) is 0.505. The highest BCUT2D eigenvalue weighted by molar-refractivity contribution is 6.56. The van der Waals surface area contributed by atoms with Crippen LogP contribution in [0, 0.1) is 0 Å². The van der Waals surface area contributed by atoms with Crippen LogP contribution < -0.4 is 4.65 Å². The van der Waals surface area contributed by atoms with E-state index in [2.05, 4.69) is 30.3 Å². The minimum Gasteiger partial charge on any atom is -0.560 e. The molecule has 1 aromatic carbocycles. The largest absolute Gasteiger partial charge is 0.560 e. The van der Waals surface area contributed by atoms with Crippen LogP contribution in [-0.2, 0) is 0 Å². The maximum atomic E-state index is 6.22. The summed E-state index contributed by atoms with van der Waals surface area (Å²) in [6.07, 6.45) is 8.37. The Morgan fingerprint density at radius 3 is 2.00 bits per heavy atom. The van der Waals surface area contributed by atoms with Gasteiger partial charge < -0.3 is 4.65 Å². The number of hydrogen-bond donors (Lipinski definition) is 0. The Morgan fingerprint density at radius 1 is 0.875 bits per heavy atom. The van der Waals surface area contributed by atoms with Crippen molar-refractivity contribution in [1.82, 2.24) is 0 Å². The molecule has 2 fully saturated rings. The normalized spacial score (nSPS) is 28.9. The SMILES string of the molecule is c1ccc(OB2C3CCCC2CCC3)cc1. The van der Waals surface area contributed by atoms with E-state index in [1.165, 1.54) is 38.5 Å². The molecule has 0 aromatic heterocycles. The first kappa shape index (κ1) is 10.3. The van der Waals surface area contributed by atoms with Crippen LogP contribution in [0.1, 0.15) is 38.5 Å². The quantitative estimate of drug-likeness (QED) is 0.671. The molecule has 2 bridgehead atoms. The first-order chi connectivity index (χ1) is 7.93. The average molecular weight is 214 g/mol. The fourth-order valence-corrected chi connectivity index (χ4v) is 3.46. The highest BCUT2D eigenvalue weighted by atomic mass is 16.4. The summed E-state index contributed by atoms with van der Waals surface area (Å²) in [5.74, 6) is 2.71. The fraction of sp³-hybridized carbons (Fsp3) is 0.571. The lowest BCUT2D eigenvalue weighted by Crippen LogP contribution is -2.39. The molecule has 0 amide bonds. The zero-order valence-electron chi connectivity index (χ0n) is 9.77. The first-order valence-corrected chi connectivity index (χ1v) is 6.65. The van der Waals surface area contributed by atoms with Crippen LogP contribution in [-0.4, -0.2) is 6.92 Å². The Kier molecular flexibility index (Phi) is 2.90. The molecule has 2 saturated heterocycles. The van der Waals surface area contributed by atoms with Crippen molar-refractivity contribution in [2.75, 3.05) is 0 Å². The van der Waals surface area contributed by atoms with Crippen LogP contribution in [0.15, 0.2) is 30.3 Å². The van der Waals surface area contributed by atoms with Gasteiger partial charge in [-0.3, -0.25) is 0 Å². The van der Waals surface area contributed by atoms with Crippen molar-refractivity contribution in [3.8, 4) is 5.75 Å². The second-order valence-corrected chi connectivity index (χ2v) is 5.28. The summed E-state index contributed by atoms with van der Waals surface area (Å²) < 4.78 is 6.22. The van der Waals surface area contributed by atoms with Crippen molar-refractivity contribution < 1.29 is 4.65 Å². The van der Waals surface area contributed by atoms with Crippen LogP contribution in [0.5, 0.6) is 5.75 Å². The topological polar surface area (TPSA) is 9.23 Å². The maximum Gasteiger partial charge on any atom is 0.363 e. The lowest BCUT2D eigenvalue weighted by atomic mass is 9.38. The number of rotatable bonds is 2. The third-order valence-electron chi connectivity index (χ3n) is 4.24. The summed E-state index contributed by atoms with van der Waals surface area (Å²) in [6, 6.07) is 10.4. The van der Waals surface area contributed by atoms with Gasteiger partial charge in [0.15, 0.2) is 0 Å². The Hall–Kier alpha value is -0.915. The molecule has 0 spiro atoms. The smallest absolute Gasteiger partial charge is 0.363 e. The molecule has 1 nitrogen and oxygen atoms in total. The van der Waals surface area contributed by atoms with E-state index in [0.29, 0.717) is 6.92 Å². The number of benzene rings is 1. The van der Waals surface area contributed by atoms with Gasteiger partial charge in [-0.25, -0.2) is 0 Å². The lowest BCUT2D eigenvalue weighted by molar-refractivity contribution is 0.381. The van der Waals surface area contributed by atoms with Crippen LogP contribution in [0.25, 0.3) is 0 Å². The predicted octanol–water partition coefficient (Wildman–Crippen LogP) is 4.17. The van der Waals surface area contributed by atoms with E-state index in [1.807, 2.05) is 0 Å². The molecule has 1 aromatic rings. The highest BCUT2D eigenvalue weighted by Gasteiger charge is 2.42. The zero-order valence-corrected chi connectivity index (χ0v) is 9.77. The Morgan fingerprint density at radius 2 is 1.44 bits per heavy atom. The minimum atomic E-state index is 0.505. The van der Waals surface area contributed by atoms with Crippen molar-refractivity contribution in [1.29, 1.82) is 0 Å². The van der Waals surface area contributed by atoms with E-state index in [0.717, 1.165) is 17.4 Å². The zero-order chi connectivity index (χ0) is 10.8. The molecule has 2 heteroatoms. The van der Waals surface area contributed by atoms with Gasteiger partial charge in [0, 0.05) is 0 Å². The van der Waals surface area contributed by atoms with E-state index in [9.17, 15) is 0 Å². The number of fused-ring (bicyclic) bond motifs is 2. The third-order valence-corrected chi connectivity index (χ3v) is 4.24. The first-order valence-electron chi connectivity index (χ1n) is 6.65. The summed E-state index contributed by atoms with van der Waals surface area (Å²) in [4.78, 5) is 0. The van der Waals surface area contributed by atoms with Crippen LogP contribution in [0.3, 0.4) is 0 Å². The molecule has 84 valence electrons. The van der Waals surface area contributed by atoms with Gasteiger partial charge in [-0.05, 0) is 23.8 Å². The van der Waals surface area contributed by atoms with Gasteiger partial charge in [0.1, 0.15) is 0 Å². The second kappa shape index (κ2) is 4.53. The second-order valence-electron chi connectivity index (χ2n) is 5.28. The van der Waals surface area contributed by atoms with Gasteiger partial charge >= 0.3 is 6.92 Å². The predicted molar refractivity (Wildman–Crippen MR) is 68.0 cm³/mol. The van der Waals surface area contributed by atoms with Gasteiger partial charge in [0.05, 0.1) is 5.75 Å². The molecule has 2 heterocycles. The van der Waals surface area contributed by atoms with E-state index in [4.69, 9.17) is 4.65 Å². The van der Waals surface area contributed by atoms with Gasteiger partial charge in [0.2, 0.25) is 0 Å². The molecule has 2 aliphatic heterocycles. The van der Waals surface area contributed by atoms with Crippen molar-refractivity contribution in [3.05, 3.63) is 30.3 Å². The summed E-state index contributed by atoms with van der Waals surface area (Å²) in [5, 5.41) is 0. The number of para-hydroxylation sites is 1. The third kappa shape index (κ3) is 1.98. The van der Waals surface area contributed by atoms with Crippen molar-refractivity contribution >= 4 is 6.92 Å². The van der Waals surface area contributed by atoms with Crippen molar-refractivity contribution in [2.45, 2.75) is 50.2 Å². The summed E-state index contributed by atoms with van der Waals surface area (Å²) >= 11 is 0. The molecule has 0 atom stereocenters. The molecular weight excluding hydrogens is 195 g/mol. The Labute approximate surface area is 98.3 Å². The molecule has 0 saturated carbocycles. The van der Waals surface area contributed by atoms with E-state index < -0.39 is 0 Å². The molecule has 16 heavy (non-hydrogen) atoms. The Bertz CT molecular complexity index is 316. The Balaban J connectivity index is 1.74. The standard InChI is InChI=1S/C14H19BO/c1-2-10-14(11-3-1)16-15-12-6-4-7-13(15)9-5-8-12/h1-3,10-13H,4-9H2. The molecule has 0 radical (unpaired) electrons. The summed E-state index contributed by atoms with van der Waals surface area (Å²) in [5.41, 5.74) is 0. The summed E-state index contributed by atoms with van der Waals surface area (Å²) in [7, 11) is 0. The van der Waals surface area contributed by atoms with Gasteiger partial charge in [-0.2, -0.15) is 0 Å². The minimum absolute atomic E-state index is 0.505.